The molecule has 0 spiro atoms. The summed E-state index contributed by atoms with van der Waals surface area (Å²) >= 11 is 2.17. The molecule has 1 N–H and O–H groups in total. The molecule has 1 atom stereocenters. The molecule has 0 saturated heterocycles. The first-order valence-electron chi connectivity index (χ1n) is 7.03. The van der Waals surface area contributed by atoms with Crippen LogP contribution in [0, 0.1) is 0 Å². The second-order valence-corrected chi connectivity index (χ2v) is 6.30. The first-order valence-corrected chi connectivity index (χ1v) is 8.11. The number of halogens is 1. The molecule has 2 aromatic rings. The van der Waals surface area contributed by atoms with Gasteiger partial charge in [0.25, 0.3) is 0 Å². The van der Waals surface area contributed by atoms with Gasteiger partial charge < -0.3 is 5.32 Å². The normalized spacial score (nSPS) is 18.7. The molecule has 1 aliphatic carbocycles. The van der Waals surface area contributed by atoms with Crippen molar-refractivity contribution in [2.75, 3.05) is 5.32 Å². The summed E-state index contributed by atoms with van der Waals surface area (Å²) in [4.78, 5) is 12.3. The zero-order valence-corrected chi connectivity index (χ0v) is 13.7. The summed E-state index contributed by atoms with van der Waals surface area (Å²) in [6, 6.07) is 20.3. The number of rotatable bonds is 3. The Morgan fingerprint density at radius 3 is 2.19 bits per heavy atom. The molecule has 0 fully saturated rings. The topological polar surface area (TPSA) is 29.1 Å². The summed E-state index contributed by atoms with van der Waals surface area (Å²) in [6.07, 6.45) is 1.48. The van der Waals surface area contributed by atoms with Crippen LogP contribution < -0.4 is 5.32 Å². The molecule has 3 rings (SSSR count). The van der Waals surface area contributed by atoms with Gasteiger partial charge in [0.1, 0.15) is 0 Å². The van der Waals surface area contributed by atoms with E-state index in [0.717, 1.165) is 21.4 Å². The van der Waals surface area contributed by atoms with Crippen molar-refractivity contribution < 1.29 is 4.79 Å². The summed E-state index contributed by atoms with van der Waals surface area (Å²) in [5.41, 5.74) is 3.30. The molecular weight excluding hydrogens is 373 g/mol. The van der Waals surface area contributed by atoms with Crippen molar-refractivity contribution >= 4 is 34.1 Å². The van der Waals surface area contributed by atoms with Crippen LogP contribution in [0.4, 0.5) is 5.69 Å². The zero-order valence-electron chi connectivity index (χ0n) is 11.6. The van der Waals surface area contributed by atoms with Gasteiger partial charge in [-0.2, -0.15) is 0 Å². The average Bonchev–Trinajstić information content (AvgIpc) is 2.53. The highest BCUT2D eigenvalue weighted by Crippen LogP contribution is 2.37. The van der Waals surface area contributed by atoms with E-state index < -0.39 is 0 Å². The van der Waals surface area contributed by atoms with Crippen LogP contribution in [0.5, 0.6) is 0 Å². The molecule has 1 unspecified atom stereocenters. The number of Topliss-reactive ketones (excluding diaryl/α,β-unsaturated/α-hetero) is 1. The predicted molar refractivity (Wildman–Crippen MR) is 94.5 cm³/mol. The molecule has 0 aromatic heterocycles. The molecule has 2 aromatic carbocycles. The number of para-hydroxylation sites is 1. The van der Waals surface area contributed by atoms with Crippen molar-refractivity contribution in [2.45, 2.75) is 18.8 Å². The van der Waals surface area contributed by atoms with Gasteiger partial charge in [-0.1, -0.05) is 48.5 Å². The smallest absolute Gasteiger partial charge is 0.171 e. The SMILES string of the molecule is O=C1CC(c2ccccc2)CC(Nc2ccccc2)=C1I. The van der Waals surface area contributed by atoms with Gasteiger partial charge in [0, 0.05) is 17.8 Å². The maximum Gasteiger partial charge on any atom is 0.171 e. The first kappa shape index (κ1) is 14.3. The fraction of sp³-hybridized carbons (Fsp3) is 0.167. The van der Waals surface area contributed by atoms with E-state index in [2.05, 4.69) is 40.0 Å². The van der Waals surface area contributed by atoms with E-state index in [0.29, 0.717) is 6.42 Å². The first-order chi connectivity index (χ1) is 10.2. The number of carbonyl (C=O) groups is 1. The molecular formula is C18H16INO. The van der Waals surface area contributed by atoms with Crippen LogP contribution in [0.25, 0.3) is 0 Å². The lowest BCUT2D eigenvalue weighted by atomic mass is 9.85. The molecule has 0 amide bonds. The Morgan fingerprint density at radius 2 is 1.52 bits per heavy atom. The van der Waals surface area contributed by atoms with Crippen LogP contribution in [0.2, 0.25) is 0 Å². The fourth-order valence-electron chi connectivity index (χ4n) is 2.65. The Bertz CT molecular complexity index is 664. The van der Waals surface area contributed by atoms with Crippen LogP contribution in [-0.2, 0) is 4.79 Å². The number of anilines is 1. The number of carbonyl (C=O) groups excluding carboxylic acids is 1. The van der Waals surface area contributed by atoms with Gasteiger partial charge in [0.15, 0.2) is 5.78 Å². The lowest BCUT2D eigenvalue weighted by molar-refractivity contribution is -0.115. The fourth-order valence-corrected chi connectivity index (χ4v) is 3.23. The van der Waals surface area contributed by atoms with Crippen molar-refractivity contribution in [3.05, 3.63) is 75.5 Å². The number of ketones is 1. The van der Waals surface area contributed by atoms with E-state index in [1.54, 1.807) is 0 Å². The second kappa shape index (κ2) is 6.43. The van der Waals surface area contributed by atoms with Gasteiger partial charge in [0.2, 0.25) is 0 Å². The third kappa shape index (κ3) is 3.35. The van der Waals surface area contributed by atoms with Crippen LogP contribution in [0.15, 0.2) is 69.9 Å². The maximum absolute atomic E-state index is 12.3. The van der Waals surface area contributed by atoms with Crippen molar-refractivity contribution in [1.29, 1.82) is 0 Å². The Kier molecular flexibility index (Phi) is 4.39. The summed E-state index contributed by atoms with van der Waals surface area (Å²) in [7, 11) is 0. The van der Waals surface area contributed by atoms with E-state index in [1.807, 2.05) is 48.5 Å². The van der Waals surface area contributed by atoms with E-state index in [-0.39, 0.29) is 11.7 Å². The van der Waals surface area contributed by atoms with E-state index in [1.165, 1.54) is 5.56 Å². The highest BCUT2D eigenvalue weighted by Gasteiger charge is 2.27. The summed E-state index contributed by atoms with van der Waals surface area (Å²) in [6.45, 7) is 0. The van der Waals surface area contributed by atoms with Crippen LogP contribution in [0.1, 0.15) is 24.3 Å². The third-order valence-electron chi connectivity index (χ3n) is 3.73. The molecule has 0 saturated carbocycles. The predicted octanol–water partition coefficient (Wildman–Crippen LogP) is 4.89. The Labute approximate surface area is 138 Å². The molecule has 0 bridgehead atoms. The molecule has 0 heterocycles. The van der Waals surface area contributed by atoms with Crippen molar-refractivity contribution in [3.8, 4) is 0 Å². The van der Waals surface area contributed by atoms with E-state index in [4.69, 9.17) is 0 Å². The summed E-state index contributed by atoms with van der Waals surface area (Å²) < 4.78 is 0.837. The number of nitrogens with one attached hydrogen (secondary N) is 1. The molecule has 3 heteroatoms. The third-order valence-corrected chi connectivity index (χ3v) is 4.98. The molecule has 1 aliphatic rings. The Morgan fingerprint density at radius 1 is 0.905 bits per heavy atom. The number of allylic oxidation sites excluding steroid dienone is 2. The standard InChI is InChI=1S/C18H16INO/c19-18-16(20-15-9-5-2-6-10-15)11-14(12-17(18)21)13-7-3-1-4-8-13/h1-10,14,20H,11-12H2. The largest absolute Gasteiger partial charge is 0.358 e. The Balaban J connectivity index is 1.85. The molecule has 21 heavy (non-hydrogen) atoms. The molecule has 2 nitrogen and oxygen atoms in total. The minimum absolute atomic E-state index is 0.231. The van der Waals surface area contributed by atoms with E-state index in [9.17, 15) is 4.79 Å². The number of hydrogen-bond donors (Lipinski definition) is 1. The van der Waals surface area contributed by atoms with Crippen molar-refractivity contribution in [2.24, 2.45) is 0 Å². The van der Waals surface area contributed by atoms with Gasteiger partial charge in [-0.3, -0.25) is 4.79 Å². The number of hydrogen-bond acceptors (Lipinski definition) is 2. The van der Waals surface area contributed by atoms with Crippen LogP contribution in [0.3, 0.4) is 0 Å². The van der Waals surface area contributed by atoms with Gasteiger partial charge in [-0.05, 0) is 52.6 Å². The Hall–Kier alpha value is -1.62. The zero-order chi connectivity index (χ0) is 14.7. The monoisotopic (exact) mass is 389 g/mol. The van der Waals surface area contributed by atoms with Gasteiger partial charge in [0.05, 0.1) is 3.58 Å². The minimum Gasteiger partial charge on any atom is -0.358 e. The highest BCUT2D eigenvalue weighted by molar-refractivity contribution is 14.1. The molecule has 106 valence electrons. The van der Waals surface area contributed by atoms with Crippen molar-refractivity contribution in [1.82, 2.24) is 0 Å². The summed E-state index contributed by atoms with van der Waals surface area (Å²) in [5, 5.41) is 3.41. The quantitative estimate of drug-likeness (QED) is 0.758. The second-order valence-electron chi connectivity index (χ2n) is 5.22. The summed E-state index contributed by atoms with van der Waals surface area (Å²) in [5.74, 6) is 0.498. The van der Waals surface area contributed by atoms with Crippen molar-refractivity contribution in [3.63, 3.8) is 0 Å². The van der Waals surface area contributed by atoms with Crippen LogP contribution in [-0.4, -0.2) is 5.78 Å². The average molecular weight is 389 g/mol. The van der Waals surface area contributed by atoms with Gasteiger partial charge >= 0.3 is 0 Å². The molecule has 0 aliphatic heterocycles. The minimum atomic E-state index is 0.231. The maximum atomic E-state index is 12.3. The lowest BCUT2D eigenvalue weighted by Crippen LogP contribution is -2.19. The van der Waals surface area contributed by atoms with Gasteiger partial charge in [-0.15, -0.1) is 0 Å². The lowest BCUT2D eigenvalue weighted by Gasteiger charge is -2.25. The van der Waals surface area contributed by atoms with E-state index >= 15 is 0 Å². The highest BCUT2D eigenvalue weighted by atomic mass is 127. The van der Waals surface area contributed by atoms with Crippen LogP contribution >= 0.6 is 22.6 Å². The number of benzene rings is 2. The van der Waals surface area contributed by atoms with Gasteiger partial charge in [-0.25, -0.2) is 0 Å². The molecule has 0 radical (unpaired) electrons.